The Labute approximate surface area is 76.5 Å². The molecule has 1 N–H and O–H groups in total. The van der Waals surface area contributed by atoms with Gasteiger partial charge >= 0.3 is 0 Å². The summed E-state index contributed by atoms with van der Waals surface area (Å²) in [6.07, 6.45) is 0. The Morgan fingerprint density at radius 1 is 1.46 bits per heavy atom. The van der Waals surface area contributed by atoms with Crippen LogP contribution in [0.1, 0.15) is 19.4 Å². The zero-order valence-corrected chi connectivity index (χ0v) is 7.50. The largest absolute Gasteiger partial charge is 0.508 e. The average molecular weight is 179 g/mol. The van der Waals surface area contributed by atoms with Crippen LogP contribution in [-0.2, 0) is 5.54 Å². The fourth-order valence-corrected chi connectivity index (χ4v) is 1.06. The molecule has 0 aromatic heterocycles. The molecule has 0 aliphatic heterocycles. The number of benzene rings is 1. The Balaban J connectivity index is 3.26. The van der Waals surface area contributed by atoms with Gasteiger partial charge in [-0.2, -0.15) is 0 Å². The summed E-state index contributed by atoms with van der Waals surface area (Å²) in [6, 6.07) is 3.83. The van der Waals surface area contributed by atoms with Crippen LogP contribution in [0.2, 0.25) is 0 Å². The van der Waals surface area contributed by atoms with Crippen molar-refractivity contribution < 1.29 is 9.50 Å². The first-order chi connectivity index (χ1) is 5.97. The van der Waals surface area contributed by atoms with E-state index in [-0.39, 0.29) is 5.75 Å². The summed E-state index contributed by atoms with van der Waals surface area (Å²) < 4.78 is 13.2. The summed E-state index contributed by atoms with van der Waals surface area (Å²) in [5.41, 5.74) is -0.571. The van der Waals surface area contributed by atoms with Crippen LogP contribution in [-0.4, -0.2) is 5.11 Å². The fourth-order valence-electron chi connectivity index (χ4n) is 1.06. The van der Waals surface area contributed by atoms with E-state index in [9.17, 15) is 4.39 Å². The van der Waals surface area contributed by atoms with Crippen molar-refractivity contribution >= 4 is 0 Å². The number of aromatic hydroxyl groups is 1. The summed E-state index contributed by atoms with van der Waals surface area (Å²) in [4.78, 5) is 3.31. The molecule has 3 heteroatoms. The lowest BCUT2D eigenvalue weighted by Gasteiger charge is -2.12. The third kappa shape index (κ3) is 1.78. The highest BCUT2D eigenvalue weighted by Crippen LogP contribution is 2.28. The van der Waals surface area contributed by atoms with Gasteiger partial charge in [0, 0.05) is 19.9 Å². The normalized spacial score (nSPS) is 10.9. The van der Waals surface area contributed by atoms with Crippen LogP contribution in [0.3, 0.4) is 0 Å². The highest BCUT2D eigenvalue weighted by atomic mass is 19.1. The van der Waals surface area contributed by atoms with Gasteiger partial charge in [-0.15, -0.1) is 0 Å². The van der Waals surface area contributed by atoms with Crippen LogP contribution < -0.4 is 0 Å². The number of rotatable bonds is 1. The topological polar surface area (TPSA) is 24.6 Å². The van der Waals surface area contributed by atoms with E-state index >= 15 is 0 Å². The van der Waals surface area contributed by atoms with E-state index in [1.54, 1.807) is 13.8 Å². The Morgan fingerprint density at radius 2 is 2.08 bits per heavy atom. The Hall–Kier alpha value is -1.56. The van der Waals surface area contributed by atoms with Gasteiger partial charge in [-0.1, -0.05) is 0 Å². The number of hydrogen-bond donors (Lipinski definition) is 1. The second kappa shape index (κ2) is 3.06. The predicted octanol–water partition coefficient (Wildman–Crippen LogP) is 2.69. The number of phenols is 1. The Bertz CT molecular complexity index is 366. The van der Waals surface area contributed by atoms with Crippen molar-refractivity contribution in [1.29, 1.82) is 0 Å². The first-order valence-electron chi connectivity index (χ1n) is 3.85. The fraction of sp³-hybridized carbons (Fsp3) is 0.300. The number of nitrogens with zero attached hydrogens (tertiary/aromatic N) is 1. The summed E-state index contributed by atoms with van der Waals surface area (Å²) >= 11 is 0. The van der Waals surface area contributed by atoms with Gasteiger partial charge in [-0.3, -0.25) is 0 Å². The molecule has 2 nitrogen and oxygen atoms in total. The van der Waals surface area contributed by atoms with Crippen LogP contribution in [0.4, 0.5) is 4.39 Å². The minimum atomic E-state index is -0.877. The Morgan fingerprint density at radius 3 is 2.54 bits per heavy atom. The third-order valence-electron chi connectivity index (χ3n) is 1.89. The number of halogens is 1. The molecule has 0 bridgehead atoms. The van der Waals surface area contributed by atoms with Gasteiger partial charge in [0.2, 0.25) is 0 Å². The lowest BCUT2D eigenvalue weighted by Crippen LogP contribution is -2.13. The monoisotopic (exact) mass is 179 g/mol. The summed E-state index contributed by atoms with van der Waals surface area (Å²) in [5.74, 6) is -0.664. The standard InChI is InChI=1S/C10H10FNO/c1-10(2,12-3)8-5-4-7(13)6-9(8)11/h4-6,13H,1-2H3. The van der Waals surface area contributed by atoms with E-state index in [2.05, 4.69) is 4.85 Å². The first-order valence-corrected chi connectivity index (χ1v) is 3.85. The SMILES string of the molecule is [C-]#[N+]C(C)(C)c1ccc(O)cc1F. The van der Waals surface area contributed by atoms with E-state index in [0.29, 0.717) is 5.56 Å². The molecule has 1 rings (SSSR count). The molecule has 0 aliphatic rings. The number of hydrogen-bond acceptors (Lipinski definition) is 1. The highest BCUT2D eigenvalue weighted by Gasteiger charge is 2.29. The molecule has 1 aromatic rings. The molecule has 68 valence electrons. The number of phenolic OH excluding ortho intramolecular Hbond substituents is 1. The molecule has 1 aromatic carbocycles. The minimum absolute atomic E-state index is 0.123. The maximum absolute atomic E-state index is 13.2. The van der Waals surface area contributed by atoms with E-state index in [1.807, 2.05) is 0 Å². The van der Waals surface area contributed by atoms with E-state index in [1.165, 1.54) is 12.1 Å². The third-order valence-corrected chi connectivity index (χ3v) is 1.89. The second-order valence-electron chi connectivity index (χ2n) is 3.33. The summed E-state index contributed by atoms with van der Waals surface area (Å²) in [5, 5.41) is 8.96. The van der Waals surface area contributed by atoms with Crippen molar-refractivity contribution in [2.24, 2.45) is 0 Å². The molecule has 0 fully saturated rings. The Kier molecular flexibility index (Phi) is 2.24. The van der Waals surface area contributed by atoms with Gasteiger partial charge in [0.15, 0.2) is 0 Å². The molecule has 0 aliphatic carbocycles. The van der Waals surface area contributed by atoms with Gasteiger partial charge < -0.3 is 9.95 Å². The molecule has 0 radical (unpaired) electrons. The molecular weight excluding hydrogens is 169 g/mol. The van der Waals surface area contributed by atoms with Crippen molar-refractivity contribution in [2.45, 2.75) is 19.4 Å². The van der Waals surface area contributed by atoms with Crippen molar-refractivity contribution in [3.05, 3.63) is 41.0 Å². The van der Waals surface area contributed by atoms with Crippen molar-refractivity contribution in [3.63, 3.8) is 0 Å². The maximum atomic E-state index is 13.2. The molecular formula is C10H10FNO. The summed E-state index contributed by atoms with van der Waals surface area (Å²) in [6.45, 7) is 10.2. The van der Waals surface area contributed by atoms with Crippen molar-refractivity contribution in [3.8, 4) is 5.75 Å². The molecule has 0 heterocycles. The van der Waals surface area contributed by atoms with Gasteiger partial charge in [0.25, 0.3) is 5.54 Å². The lowest BCUT2D eigenvalue weighted by molar-refractivity contribution is 0.464. The van der Waals surface area contributed by atoms with Crippen LogP contribution in [0.25, 0.3) is 4.85 Å². The minimum Gasteiger partial charge on any atom is -0.508 e. The van der Waals surface area contributed by atoms with Gasteiger partial charge in [0.05, 0.1) is 5.56 Å². The second-order valence-corrected chi connectivity index (χ2v) is 3.33. The van der Waals surface area contributed by atoms with Crippen LogP contribution in [0, 0.1) is 12.4 Å². The van der Waals surface area contributed by atoms with E-state index in [0.717, 1.165) is 6.07 Å². The average Bonchev–Trinajstić information content (AvgIpc) is 2.03. The molecule has 13 heavy (non-hydrogen) atoms. The van der Waals surface area contributed by atoms with Gasteiger partial charge in [-0.25, -0.2) is 11.0 Å². The first kappa shape index (κ1) is 9.53. The highest BCUT2D eigenvalue weighted by molar-refractivity contribution is 5.33. The molecule has 0 atom stereocenters. The molecule has 0 unspecified atom stereocenters. The van der Waals surface area contributed by atoms with Crippen molar-refractivity contribution in [1.82, 2.24) is 0 Å². The maximum Gasteiger partial charge on any atom is 0.254 e. The quantitative estimate of drug-likeness (QED) is 0.658. The zero-order valence-electron chi connectivity index (χ0n) is 7.50. The van der Waals surface area contributed by atoms with E-state index < -0.39 is 11.4 Å². The van der Waals surface area contributed by atoms with Gasteiger partial charge in [-0.05, 0) is 12.1 Å². The van der Waals surface area contributed by atoms with Crippen LogP contribution in [0.15, 0.2) is 18.2 Å². The smallest absolute Gasteiger partial charge is 0.254 e. The van der Waals surface area contributed by atoms with Crippen LogP contribution in [0.5, 0.6) is 5.75 Å². The summed E-state index contributed by atoms with van der Waals surface area (Å²) in [7, 11) is 0. The lowest BCUT2D eigenvalue weighted by atomic mass is 9.95. The molecule has 0 spiro atoms. The van der Waals surface area contributed by atoms with E-state index in [4.69, 9.17) is 11.7 Å². The zero-order chi connectivity index (χ0) is 10.1. The van der Waals surface area contributed by atoms with Crippen molar-refractivity contribution in [2.75, 3.05) is 0 Å². The predicted molar refractivity (Wildman–Crippen MR) is 47.7 cm³/mol. The van der Waals surface area contributed by atoms with Crippen LogP contribution >= 0.6 is 0 Å². The van der Waals surface area contributed by atoms with Gasteiger partial charge in [0.1, 0.15) is 11.6 Å². The molecule has 0 saturated carbocycles. The molecule has 0 amide bonds. The molecule has 0 saturated heterocycles.